The van der Waals surface area contributed by atoms with E-state index < -0.39 is 17.8 Å². The fourth-order valence-electron chi connectivity index (χ4n) is 3.22. The van der Waals surface area contributed by atoms with Crippen molar-refractivity contribution in [3.05, 3.63) is 78.4 Å². The molecule has 0 unspecified atom stereocenters. The molecule has 11 heteroatoms. The summed E-state index contributed by atoms with van der Waals surface area (Å²) in [6.07, 6.45) is 1.67. The average Bonchev–Trinajstić information content (AvgIpc) is 3.41. The first-order chi connectivity index (χ1) is 16.5. The monoisotopic (exact) mass is 496 g/mol. The maximum absolute atomic E-state index is 13.9. The second kappa shape index (κ2) is 10.6. The van der Waals surface area contributed by atoms with Crippen molar-refractivity contribution >= 4 is 50.3 Å². The van der Waals surface area contributed by atoms with Gasteiger partial charge in [0.15, 0.2) is 16.1 Å². The Hall–Kier alpha value is -3.57. The molecule has 8 nitrogen and oxygen atoms in total. The highest BCUT2D eigenvalue weighted by Crippen LogP contribution is 2.26. The van der Waals surface area contributed by atoms with Gasteiger partial charge in [0.05, 0.1) is 27.6 Å². The van der Waals surface area contributed by atoms with Gasteiger partial charge in [0.2, 0.25) is 5.91 Å². The molecule has 0 spiro atoms. The largest absolute Gasteiger partial charge is 0.342 e. The van der Waals surface area contributed by atoms with Crippen molar-refractivity contribution in [1.29, 1.82) is 0 Å². The van der Waals surface area contributed by atoms with Crippen LogP contribution in [0.3, 0.4) is 0 Å². The Morgan fingerprint density at radius 3 is 2.74 bits per heavy atom. The number of amides is 2. The number of thiazole rings is 1. The Kier molecular flexibility index (Phi) is 7.33. The molecule has 2 aromatic carbocycles. The lowest BCUT2D eigenvalue weighted by Crippen LogP contribution is -2.29. The summed E-state index contributed by atoms with van der Waals surface area (Å²) in [6, 6.07) is 12.9. The number of fused-ring (bicyclic) bond motifs is 1. The Bertz CT molecular complexity index is 1320. The molecule has 2 N–H and O–H groups in total. The molecule has 4 rings (SSSR count). The van der Waals surface area contributed by atoms with Gasteiger partial charge in [0, 0.05) is 6.54 Å². The van der Waals surface area contributed by atoms with Crippen LogP contribution in [0.15, 0.2) is 66.3 Å². The Labute approximate surface area is 203 Å². The number of allylic oxidation sites excluding steroid dienone is 1. The zero-order chi connectivity index (χ0) is 24.1. The number of anilines is 1. The zero-order valence-corrected chi connectivity index (χ0v) is 19.8. The summed E-state index contributed by atoms with van der Waals surface area (Å²) in [7, 11) is 0. The van der Waals surface area contributed by atoms with Gasteiger partial charge in [-0.05, 0) is 31.2 Å². The van der Waals surface area contributed by atoms with E-state index in [1.165, 1.54) is 41.3 Å². The fourth-order valence-corrected chi connectivity index (χ4v) is 4.86. The molecule has 0 saturated heterocycles. The van der Waals surface area contributed by atoms with Crippen LogP contribution < -0.4 is 10.6 Å². The number of nitrogens with zero attached hydrogens (tertiary/aromatic N) is 4. The number of carbonyl (C=O) groups excluding carboxylic acids is 2. The highest BCUT2D eigenvalue weighted by molar-refractivity contribution is 7.99. The van der Waals surface area contributed by atoms with E-state index in [0.29, 0.717) is 22.7 Å². The van der Waals surface area contributed by atoms with Crippen molar-refractivity contribution in [1.82, 2.24) is 25.1 Å². The van der Waals surface area contributed by atoms with Crippen molar-refractivity contribution in [2.75, 3.05) is 11.1 Å². The van der Waals surface area contributed by atoms with E-state index in [4.69, 9.17) is 0 Å². The van der Waals surface area contributed by atoms with E-state index in [1.807, 2.05) is 24.3 Å². The highest BCUT2D eigenvalue weighted by Gasteiger charge is 2.21. The molecular formula is C23H21FN6O2S2. The molecule has 34 heavy (non-hydrogen) atoms. The second-order valence-electron chi connectivity index (χ2n) is 7.24. The van der Waals surface area contributed by atoms with Gasteiger partial charge in [0.1, 0.15) is 5.82 Å². The van der Waals surface area contributed by atoms with E-state index in [2.05, 4.69) is 32.4 Å². The average molecular weight is 497 g/mol. The minimum Gasteiger partial charge on any atom is -0.342 e. The fraction of sp³-hybridized carbons (Fsp3) is 0.174. The van der Waals surface area contributed by atoms with Crippen LogP contribution in [0.1, 0.15) is 29.1 Å². The van der Waals surface area contributed by atoms with Gasteiger partial charge >= 0.3 is 0 Å². The first-order valence-electron chi connectivity index (χ1n) is 10.3. The van der Waals surface area contributed by atoms with Gasteiger partial charge in [-0.3, -0.25) is 9.59 Å². The topological polar surface area (TPSA) is 102 Å². The van der Waals surface area contributed by atoms with Gasteiger partial charge in [-0.15, -0.1) is 16.8 Å². The quantitative estimate of drug-likeness (QED) is 0.263. The summed E-state index contributed by atoms with van der Waals surface area (Å²) in [5.41, 5.74) is 0.780. The van der Waals surface area contributed by atoms with E-state index in [0.717, 1.165) is 10.2 Å². The minimum atomic E-state index is -0.602. The molecule has 2 heterocycles. The van der Waals surface area contributed by atoms with E-state index >= 15 is 0 Å². The van der Waals surface area contributed by atoms with Gasteiger partial charge in [-0.2, -0.15) is 0 Å². The maximum atomic E-state index is 13.9. The maximum Gasteiger partial charge on any atom is 0.254 e. The zero-order valence-electron chi connectivity index (χ0n) is 18.2. The predicted molar refractivity (Wildman–Crippen MR) is 131 cm³/mol. The number of benzene rings is 2. The molecule has 2 aromatic heterocycles. The number of hydrogen-bond acceptors (Lipinski definition) is 7. The van der Waals surface area contributed by atoms with Gasteiger partial charge in [0.25, 0.3) is 5.91 Å². The lowest BCUT2D eigenvalue weighted by Gasteiger charge is -2.15. The summed E-state index contributed by atoms with van der Waals surface area (Å²) in [6.45, 7) is 5.87. The van der Waals surface area contributed by atoms with Gasteiger partial charge < -0.3 is 15.2 Å². The Balaban J connectivity index is 1.41. The number of hydrogen-bond donors (Lipinski definition) is 2. The number of rotatable bonds is 9. The first-order valence-corrected chi connectivity index (χ1v) is 12.1. The second-order valence-corrected chi connectivity index (χ2v) is 9.21. The molecule has 0 saturated carbocycles. The van der Waals surface area contributed by atoms with Crippen LogP contribution in [0, 0.1) is 5.82 Å². The van der Waals surface area contributed by atoms with Gasteiger partial charge in [-0.1, -0.05) is 53.4 Å². The number of carbonyl (C=O) groups is 2. The van der Waals surface area contributed by atoms with Crippen molar-refractivity contribution in [3.63, 3.8) is 0 Å². The summed E-state index contributed by atoms with van der Waals surface area (Å²) >= 11 is 2.62. The van der Waals surface area contributed by atoms with Crippen LogP contribution in [0.2, 0.25) is 0 Å². The molecule has 0 bridgehead atoms. The molecule has 174 valence electrons. The third-order valence-corrected chi connectivity index (χ3v) is 6.70. The SMILES string of the molecule is C=CCn1c(SCC(=O)Nc2nc3ccccc3s2)nnc1[C@H](C)NC(=O)c1ccccc1F. The Morgan fingerprint density at radius 2 is 1.97 bits per heavy atom. The van der Waals surface area contributed by atoms with Crippen molar-refractivity contribution in [2.45, 2.75) is 24.7 Å². The van der Waals surface area contributed by atoms with Crippen molar-refractivity contribution < 1.29 is 14.0 Å². The van der Waals surface area contributed by atoms with E-state index in [9.17, 15) is 14.0 Å². The standard InChI is InChI=1S/C23H21FN6O2S2/c1-3-12-30-20(14(2)25-21(32)15-8-4-5-9-16(15)24)28-29-23(30)33-13-19(31)27-22-26-17-10-6-7-11-18(17)34-22/h3-11,14H,1,12-13H2,2H3,(H,25,32)(H,26,27,31)/t14-/m0/s1. The molecule has 0 radical (unpaired) electrons. The lowest BCUT2D eigenvalue weighted by atomic mass is 10.2. The lowest BCUT2D eigenvalue weighted by molar-refractivity contribution is -0.113. The Morgan fingerprint density at radius 1 is 1.21 bits per heavy atom. The first kappa shape index (κ1) is 23.6. The molecule has 0 fully saturated rings. The number of halogens is 1. The normalized spacial score (nSPS) is 11.8. The molecule has 4 aromatic rings. The van der Waals surface area contributed by atoms with E-state index in [-0.39, 0.29) is 17.2 Å². The summed E-state index contributed by atoms with van der Waals surface area (Å²) in [5, 5.41) is 15.0. The van der Waals surface area contributed by atoms with Crippen LogP contribution in [-0.2, 0) is 11.3 Å². The van der Waals surface area contributed by atoms with Crippen molar-refractivity contribution in [3.8, 4) is 0 Å². The molecular weight excluding hydrogens is 475 g/mol. The number of para-hydroxylation sites is 1. The molecule has 0 aliphatic carbocycles. The van der Waals surface area contributed by atoms with Crippen molar-refractivity contribution in [2.24, 2.45) is 0 Å². The predicted octanol–water partition coefficient (Wildman–Crippen LogP) is 4.43. The molecule has 0 aliphatic rings. The third-order valence-electron chi connectivity index (χ3n) is 4.78. The van der Waals surface area contributed by atoms with Crippen LogP contribution in [0.4, 0.5) is 9.52 Å². The summed E-state index contributed by atoms with van der Waals surface area (Å²) in [5.74, 6) is -0.808. The molecule has 0 aliphatic heterocycles. The third kappa shape index (κ3) is 5.32. The molecule has 2 amide bonds. The van der Waals surface area contributed by atoms with E-state index in [1.54, 1.807) is 23.6 Å². The van der Waals surface area contributed by atoms with Crippen LogP contribution in [0.5, 0.6) is 0 Å². The van der Waals surface area contributed by atoms with Crippen LogP contribution in [-0.4, -0.2) is 37.3 Å². The van der Waals surface area contributed by atoms with Crippen LogP contribution in [0.25, 0.3) is 10.2 Å². The van der Waals surface area contributed by atoms with Crippen LogP contribution >= 0.6 is 23.1 Å². The molecule has 1 atom stereocenters. The van der Waals surface area contributed by atoms with Gasteiger partial charge in [-0.25, -0.2) is 9.37 Å². The minimum absolute atomic E-state index is 0.0507. The summed E-state index contributed by atoms with van der Waals surface area (Å²) in [4.78, 5) is 29.4. The number of aromatic nitrogens is 4. The smallest absolute Gasteiger partial charge is 0.254 e. The number of nitrogens with one attached hydrogen (secondary N) is 2. The number of thioether (sulfide) groups is 1. The highest BCUT2D eigenvalue weighted by atomic mass is 32.2. The summed E-state index contributed by atoms with van der Waals surface area (Å²) < 4.78 is 16.7.